The zero-order valence-electron chi connectivity index (χ0n) is 7.67. The molecule has 0 heterocycles. The molecule has 0 aliphatic rings. The van der Waals surface area contributed by atoms with Gasteiger partial charge in [0.25, 0.3) is 0 Å². The first kappa shape index (κ1) is 11.7. The minimum atomic E-state index is 1.20. The highest BCUT2D eigenvalue weighted by Gasteiger charge is 1.79. The fourth-order valence-electron chi connectivity index (χ4n) is 0.857. The van der Waals surface area contributed by atoms with E-state index in [0.717, 1.165) is 0 Å². The van der Waals surface area contributed by atoms with Gasteiger partial charge in [0.1, 0.15) is 0 Å². The van der Waals surface area contributed by atoms with Crippen LogP contribution >= 0.6 is 15.9 Å². The average Bonchev–Trinajstić information content (AvgIpc) is 2.10. The third kappa shape index (κ3) is 9.70. The summed E-state index contributed by atoms with van der Waals surface area (Å²) in [4.78, 5) is 1.84. The number of unbranched alkanes of at least 4 members (excludes halogenated alkanes) is 3. The van der Waals surface area contributed by atoms with Crippen molar-refractivity contribution in [3.8, 4) is 0 Å². The predicted molar refractivity (Wildman–Crippen MR) is 60.5 cm³/mol. The Balaban J connectivity index is 3.24. The van der Waals surface area contributed by atoms with Crippen LogP contribution < -0.4 is 0 Å². The van der Waals surface area contributed by atoms with Crippen molar-refractivity contribution >= 4 is 15.9 Å². The van der Waals surface area contributed by atoms with E-state index >= 15 is 0 Å². The minimum absolute atomic E-state index is 1.20. The van der Waals surface area contributed by atoms with Gasteiger partial charge in [-0.05, 0) is 17.8 Å². The first-order valence-corrected chi connectivity index (χ1v) is 5.42. The van der Waals surface area contributed by atoms with Gasteiger partial charge in [-0.25, -0.2) is 0 Å². The molecule has 0 aromatic heterocycles. The molecule has 0 aliphatic heterocycles. The summed E-state index contributed by atoms with van der Waals surface area (Å²) in [7, 11) is 0. The van der Waals surface area contributed by atoms with Gasteiger partial charge >= 0.3 is 0 Å². The first-order chi connectivity index (χ1) is 5.91. The molecule has 0 aromatic carbocycles. The molecule has 0 aliphatic carbocycles. The van der Waals surface area contributed by atoms with Crippen LogP contribution in [0.4, 0.5) is 0 Å². The average molecular weight is 229 g/mol. The molecule has 0 saturated heterocycles. The molecule has 0 saturated carbocycles. The fourth-order valence-corrected chi connectivity index (χ4v) is 1.03. The van der Waals surface area contributed by atoms with Gasteiger partial charge in [-0.2, -0.15) is 0 Å². The molecule has 0 unspecified atom stereocenters. The highest BCUT2D eigenvalue weighted by molar-refractivity contribution is 9.11. The van der Waals surface area contributed by atoms with Crippen LogP contribution in [0.25, 0.3) is 0 Å². The van der Waals surface area contributed by atoms with E-state index in [1.807, 2.05) is 23.2 Å². The van der Waals surface area contributed by atoms with E-state index in [9.17, 15) is 0 Å². The summed E-state index contributed by atoms with van der Waals surface area (Å²) >= 11 is 3.20. The highest BCUT2D eigenvalue weighted by atomic mass is 79.9. The van der Waals surface area contributed by atoms with E-state index in [-0.39, 0.29) is 0 Å². The van der Waals surface area contributed by atoms with Gasteiger partial charge in [-0.1, -0.05) is 66.1 Å². The Morgan fingerprint density at radius 2 is 1.75 bits per heavy atom. The summed E-state index contributed by atoms with van der Waals surface area (Å²) in [6, 6.07) is 0. The first-order valence-electron chi connectivity index (χ1n) is 4.50. The molecule has 0 amide bonds. The highest BCUT2D eigenvalue weighted by Crippen LogP contribution is 1.99. The van der Waals surface area contributed by atoms with Crippen LogP contribution in [0.15, 0.2) is 35.4 Å². The minimum Gasteiger partial charge on any atom is -0.0845 e. The van der Waals surface area contributed by atoms with Gasteiger partial charge in [0, 0.05) is 0 Å². The van der Waals surface area contributed by atoms with Crippen LogP contribution in [-0.4, -0.2) is 0 Å². The molecule has 68 valence electrons. The Kier molecular flexibility index (Phi) is 10.4. The Hall–Kier alpha value is -0.300. The Morgan fingerprint density at radius 1 is 1.00 bits per heavy atom. The lowest BCUT2D eigenvalue weighted by Crippen LogP contribution is -1.69. The van der Waals surface area contributed by atoms with Crippen molar-refractivity contribution in [3.05, 3.63) is 35.4 Å². The van der Waals surface area contributed by atoms with E-state index in [4.69, 9.17) is 0 Å². The summed E-state index contributed by atoms with van der Waals surface area (Å²) in [6.45, 7) is 2.23. The van der Waals surface area contributed by atoms with Crippen molar-refractivity contribution < 1.29 is 0 Å². The monoisotopic (exact) mass is 228 g/mol. The van der Waals surface area contributed by atoms with Crippen LogP contribution in [-0.2, 0) is 0 Å². The second-order valence-electron chi connectivity index (χ2n) is 2.63. The normalized spacial score (nSPS) is 12.5. The Labute approximate surface area is 84.2 Å². The van der Waals surface area contributed by atoms with Gasteiger partial charge in [0.15, 0.2) is 0 Å². The zero-order valence-corrected chi connectivity index (χ0v) is 9.26. The summed E-state index contributed by atoms with van der Waals surface area (Å²) in [6.07, 6.45) is 15.5. The third-order valence-corrected chi connectivity index (χ3v) is 1.82. The molecule has 1 heteroatoms. The SMILES string of the molecule is CCCCC/C=C/C=C\C=C/Br. The van der Waals surface area contributed by atoms with Crippen molar-refractivity contribution in [2.45, 2.75) is 32.6 Å². The molecule has 0 spiro atoms. The van der Waals surface area contributed by atoms with Crippen molar-refractivity contribution in [2.75, 3.05) is 0 Å². The molecule has 0 rings (SSSR count). The van der Waals surface area contributed by atoms with Crippen molar-refractivity contribution in [3.63, 3.8) is 0 Å². The largest absolute Gasteiger partial charge is 0.0845 e. The predicted octanol–water partition coefficient (Wildman–Crippen LogP) is 4.59. The maximum Gasteiger partial charge on any atom is -0.0189 e. The number of hydrogen-bond acceptors (Lipinski definition) is 0. The third-order valence-electron chi connectivity index (χ3n) is 1.52. The van der Waals surface area contributed by atoms with Gasteiger partial charge in [-0.3, -0.25) is 0 Å². The summed E-state index contributed by atoms with van der Waals surface area (Å²) in [5.41, 5.74) is 0. The lowest BCUT2D eigenvalue weighted by molar-refractivity contribution is 0.729. The van der Waals surface area contributed by atoms with E-state index in [1.54, 1.807) is 0 Å². The van der Waals surface area contributed by atoms with Gasteiger partial charge < -0.3 is 0 Å². The molecule has 0 aromatic rings. The van der Waals surface area contributed by atoms with Gasteiger partial charge in [0.2, 0.25) is 0 Å². The Morgan fingerprint density at radius 3 is 2.42 bits per heavy atom. The molecule has 0 bridgehead atoms. The molecule has 0 fully saturated rings. The summed E-state index contributed by atoms with van der Waals surface area (Å²) in [5, 5.41) is 0. The second-order valence-corrected chi connectivity index (χ2v) is 3.16. The topological polar surface area (TPSA) is 0 Å². The van der Waals surface area contributed by atoms with Crippen molar-refractivity contribution in [1.29, 1.82) is 0 Å². The molecular formula is C11H17Br. The fraction of sp³-hybridized carbons (Fsp3) is 0.455. The lowest BCUT2D eigenvalue weighted by atomic mass is 10.2. The van der Waals surface area contributed by atoms with E-state index in [1.165, 1.54) is 25.7 Å². The summed E-state index contributed by atoms with van der Waals surface area (Å²) in [5.74, 6) is 0. The van der Waals surface area contributed by atoms with Crippen LogP contribution in [0.1, 0.15) is 32.6 Å². The van der Waals surface area contributed by atoms with Crippen molar-refractivity contribution in [2.24, 2.45) is 0 Å². The number of rotatable bonds is 6. The van der Waals surface area contributed by atoms with Crippen molar-refractivity contribution in [1.82, 2.24) is 0 Å². The van der Waals surface area contributed by atoms with E-state index in [0.29, 0.717) is 0 Å². The van der Waals surface area contributed by atoms with Crippen LogP contribution in [0.5, 0.6) is 0 Å². The number of hydrogen-bond donors (Lipinski definition) is 0. The summed E-state index contributed by atoms with van der Waals surface area (Å²) < 4.78 is 0. The quantitative estimate of drug-likeness (QED) is 0.461. The number of allylic oxidation sites excluding steroid dienone is 5. The second kappa shape index (κ2) is 10.7. The van der Waals surface area contributed by atoms with Crippen LogP contribution in [0, 0.1) is 0 Å². The molecular weight excluding hydrogens is 212 g/mol. The van der Waals surface area contributed by atoms with Crippen LogP contribution in [0.3, 0.4) is 0 Å². The van der Waals surface area contributed by atoms with E-state index in [2.05, 4.69) is 35.0 Å². The molecule has 0 nitrogen and oxygen atoms in total. The van der Waals surface area contributed by atoms with Gasteiger partial charge in [-0.15, -0.1) is 0 Å². The maximum atomic E-state index is 3.20. The molecule has 12 heavy (non-hydrogen) atoms. The molecule has 0 N–H and O–H groups in total. The standard InChI is InChI=1S/C11H17Br/c1-2-3-4-5-6-7-8-9-10-11-12/h6-11H,2-5H2,1H3/b7-6+,9-8-,11-10-. The maximum absolute atomic E-state index is 3.20. The Bertz CT molecular complexity index is 154. The van der Waals surface area contributed by atoms with Crippen LogP contribution in [0.2, 0.25) is 0 Å². The van der Waals surface area contributed by atoms with E-state index < -0.39 is 0 Å². The lowest BCUT2D eigenvalue weighted by Gasteiger charge is -1.89. The van der Waals surface area contributed by atoms with Gasteiger partial charge in [0.05, 0.1) is 0 Å². The number of halogens is 1. The zero-order chi connectivity index (χ0) is 9.07. The molecule has 0 atom stereocenters. The smallest absolute Gasteiger partial charge is 0.0189 e. The molecule has 0 radical (unpaired) electrons.